The molecule has 0 saturated carbocycles. The number of ketones is 1. The van der Waals surface area contributed by atoms with E-state index in [9.17, 15) is 10.1 Å². The van der Waals surface area contributed by atoms with Crippen LogP contribution < -0.4 is 5.73 Å². The molecule has 6 heteroatoms. The number of aryl methyl sites for hydroxylation is 2. The number of nitrogens with two attached hydrogens (primary N) is 1. The molecule has 1 aromatic heterocycles. The molecule has 1 aliphatic carbocycles. The fourth-order valence-corrected chi connectivity index (χ4v) is 4.69. The smallest absolute Gasteiger partial charge is 0.205 e. The molecule has 0 radical (unpaired) electrons. The number of nitriles is 1. The van der Waals surface area contributed by atoms with Crippen LogP contribution in [0.1, 0.15) is 49.3 Å². The summed E-state index contributed by atoms with van der Waals surface area (Å²) in [5, 5.41) is 11.0. The van der Waals surface area contributed by atoms with E-state index in [4.69, 9.17) is 22.1 Å². The lowest BCUT2D eigenvalue weighted by atomic mass is 9.70. The minimum absolute atomic E-state index is 0.0262. The van der Waals surface area contributed by atoms with Crippen LogP contribution in [0.15, 0.2) is 41.0 Å². The highest BCUT2D eigenvalue weighted by molar-refractivity contribution is 6.31. The van der Waals surface area contributed by atoms with E-state index >= 15 is 0 Å². The number of fused-ring (bicyclic) bond motifs is 1. The summed E-state index contributed by atoms with van der Waals surface area (Å²) in [5.41, 5.74) is 10.1. The molecule has 5 nitrogen and oxygen atoms in total. The second kappa shape index (κ2) is 6.60. The molecule has 2 N–H and O–H groups in total. The first-order valence-corrected chi connectivity index (χ1v) is 9.90. The van der Waals surface area contributed by atoms with Gasteiger partial charge in [0.25, 0.3) is 0 Å². The van der Waals surface area contributed by atoms with E-state index in [2.05, 4.69) is 11.1 Å². The number of benzene rings is 1. The molecule has 2 heterocycles. The van der Waals surface area contributed by atoms with Crippen LogP contribution in [0, 0.1) is 30.6 Å². The molecule has 2 aliphatic rings. The number of ether oxygens (including phenoxy) is 1. The van der Waals surface area contributed by atoms with Crippen molar-refractivity contribution in [2.75, 3.05) is 0 Å². The summed E-state index contributed by atoms with van der Waals surface area (Å²) in [5.74, 6) is -0.154. The summed E-state index contributed by atoms with van der Waals surface area (Å²) in [4.78, 5) is 17.7. The van der Waals surface area contributed by atoms with Crippen molar-refractivity contribution in [1.29, 1.82) is 5.26 Å². The molecule has 1 aromatic carbocycles. The van der Waals surface area contributed by atoms with Crippen LogP contribution in [0.4, 0.5) is 0 Å². The van der Waals surface area contributed by atoms with Crippen molar-refractivity contribution in [3.63, 3.8) is 0 Å². The van der Waals surface area contributed by atoms with Crippen molar-refractivity contribution in [1.82, 2.24) is 4.98 Å². The van der Waals surface area contributed by atoms with Crippen LogP contribution in [-0.4, -0.2) is 10.8 Å². The summed E-state index contributed by atoms with van der Waals surface area (Å²) < 4.78 is 5.75. The molecule has 1 atom stereocenters. The molecule has 0 saturated heterocycles. The average molecular weight is 408 g/mol. The highest BCUT2D eigenvalue weighted by atomic mass is 35.5. The van der Waals surface area contributed by atoms with Crippen molar-refractivity contribution < 1.29 is 9.53 Å². The molecule has 1 unspecified atom stereocenters. The van der Waals surface area contributed by atoms with Gasteiger partial charge in [-0.3, -0.25) is 4.79 Å². The van der Waals surface area contributed by atoms with Gasteiger partial charge in [-0.25, -0.2) is 4.98 Å². The highest BCUT2D eigenvalue weighted by Gasteiger charge is 2.43. The maximum absolute atomic E-state index is 13.1. The molecule has 4 rings (SSSR count). The van der Waals surface area contributed by atoms with Gasteiger partial charge in [-0.2, -0.15) is 5.26 Å². The average Bonchev–Trinajstić information content (AvgIpc) is 2.59. The number of Topliss-reactive ketones (excluding diaryl/α,β-unsaturated/α-hetero) is 1. The maximum Gasteiger partial charge on any atom is 0.205 e. The van der Waals surface area contributed by atoms with Crippen molar-refractivity contribution in [2.24, 2.45) is 11.1 Å². The lowest BCUT2D eigenvalue weighted by molar-refractivity contribution is -0.119. The Morgan fingerprint density at radius 2 is 2.00 bits per heavy atom. The summed E-state index contributed by atoms with van der Waals surface area (Å²) in [6, 6.07) is 8.12. The first-order valence-electron chi connectivity index (χ1n) is 9.52. The van der Waals surface area contributed by atoms with Gasteiger partial charge >= 0.3 is 0 Å². The van der Waals surface area contributed by atoms with Gasteiger partial charge in [-0.1, -0.05) is 37.1 Å². The molecular formula is C23H22ClN3O2. The summed E-state index contributed by atoms with van der Waals surface area (Å²) in [6.07, 6.45) is 0.946. The number of hydrogen-bond acceptors (Lipinski definition) is 5. The first-order chi connectivity index (χ1) is 13.6. The SMILES string of the molecule is Cc1cc(C)c2nc(Cl)c(C3C(C#N)=C(N)OC4=C3C(=O)CC(C)(C)C4)cc2c1. The Morgan fingerprint density at radius 1 is 1.28 bits per heavy atom. The van der Waals surface area contributed by atoms with Crippen LogP contribution in [0.3, 0.4) is 0 Å². The third-order valence-electron chi connectivity index (χ3n) is 5.62. The van der Waals surface area contributed by atoms with Gasteiger partial charge in [0, 0.05) is 29.4 Å². The number of aromatic nitrogens is 1. The van der Waals surface area contributed by atoms with E-state index in [-0.39, 0.29) is 27.8 Å². The van der Waals surface area contributed by atoms with Crippen LogP contribution in [-0.2, 0) is 9.53 Å². The molecule has 0 amide bonds. The molecule has 2 aromatic rings. The number of pyridine rings is 1. The minimum atomic E-state index is -0.669. The number of allylic oxidation sites excluding steroid dienone is 3. The highest BCUT2D eigenvalue weighted by Crippen LogP contribution is 2.49. The number of nitrogens with zero attached hydrogens (tertiary/aromatic N) is 2. The van der Waals surface area contributed by atoms with Gasteiger partial charge < -0.3 is 10.5 Å². The Balaban J connectivity index is 1.99. The molecule has 148 valence electrons. The predicted octanol–water partition coefficient (Wildman–Crippen LogP) is 4.96. The van der Waals surface area contributed by atoms with Gasteiger partial charge in [0.05, 0.1) is 11.4 Å². The van der Waals surface area contributed by atoms with Gasteiger partial charge in [0.1, 0.15) is 22.6 Å². The molecule has 1 aliphatic heterocycles. The molecular weight excluding hydrogens is 386 g/mol. The zero-order chi connectivity index (χ0) is 21.1. The van der Waals surface area contributed by atoms with Crippen molar-refractivity contribution >= 4 is 28.3 Å². The minimum Gasteiger partial charge on any atom is -0.444 e. The van der Waals surface area contributed by atoms with E-state index in [0.717, 1.165) is 22.0 Å². The Hall–Kier alpha value is -2.84. The number of halogens is 1. The predicted molar refractivity (Wildman–Crippen MR) is 112 cm³/mol. The zero-order valence-electron chi connectivity index (χ0n) is 16.9. The molecule has 0 bridgehead atoms. The summed E-state index contributed by atoms with van der Waals surface area (Å²) in [7, 11) is 0. The number of carbonyl (C=O) groups excluding carboxylic acids is 1. The third kappa shape index (κ3) is 3.18. The van der Waals surface area contributed by atoms with Crippen molar-refractivity contribution in [3.8, 4) is 6.07 Å². The van der Waals surface area contributed by atoms with Gasteiger partial charge in [0.15, 0.2) is 5.78 Å². The van der Waals surface area contributed by atoms with Crippen molar-refractivity contribution in [3.05, 3.63) is 62.8 Å². The Bertz CT molecular complexity index is 1180. The number of carbonyl (C=O) groups is 1. The van der Waals surface area contributed by atoms with Crippen LogP contribution >= 0.6 is 11.6 Å². The lowest BCUT2D eigenvalue weighted by Crippen LogP contribution is -2.33. The van der Waals surface area contributed by atoms with Crippen LogP contribution in [0.2, 0.25) is 5.15 Å². The summed E-state index contributed by atoms with van der Waals surface area (Å²) >= 11 is 6.59. The largest absolute Gasteiger partial charge is 0.444 e. The van der Waals surface area contributed by atoms with Crippen LogP contribution in [0.5, 0.6) is 0 Å². The molecule has 0 spiro atoms. The third-order valence-corrected chi connectivity index (χ3v) is 5.92. The van der Waals surface area contributed by atoms with E-state index < -0.39 is 5.92 Å². The standard InChI is InChI=1S/C23H22ClN3O2/c1-11-5-12(2)20-13(6-11)7-14(21(24)27-20)18-15(10-25)22(26)29-17-9-23(3,4)8-16(28)19(17)18/h5-7,18H,8-9,26H2,1-4H3. The summed E-state index contributed by atoms with van der Waals surface area (Å²) in [6.45, 7) is 8.03. The van der Waals surface area contributed by atoms with E-state index in [1.807, 2.05) is 45.9 Å². The topological polar surface area (TPSA) is 89.0 Å². The number of rotatable bonds is 1. The molecule has 0 fully saturated rings. The van der Waals surface area contributed by atoms with Crippen molar-refractivity contribution in [2.45, 2.75) is 46.5 Å². The Morgan fingerprint density at radius 3 is 2.69 bits per heavy atom. The fourth-order valence-electron chi connectivity index (χ4n) is 4.44. The van der Waals surface area contributed by atoms with Gasteiger partial charge in [-0.05, 0) is 37.0 Å². The quantitative estimate of drug-likeness (QED) is 0.675. The first kappa shape index (κ1) is 19.5. The second-order valence-corrected chi connectivity index (χ2v) is 9.08. The lowest BCUT2D eigenvalue weighted by Gasteiger charge is -2.37. The monoisotopic (exact) mass is 407 g/mol. The van der Waals surface area contributed by atoms with Gasteiger partial charge in [-0.15, -0.1) is 0 Å². The normalized spacial score (nSPS) is 21.1. The molecule has 29 heavy (non-hydrogen) atoms. The number of hydrogen-bond donors (Lipinski definition) is 1. The van der Waals surface area contributed by atoms with E-state index in [0.29, 0.717) is 29.7 Å². The van der Waals surface area contributed by atoms with Gasteiger partial charge in [0.2, 0.25) is 5.88 Å². The Labute approximate surface area is 174 Å². The maximum atomic E-state index is 13.1. The fraction of sp³-hybridized carbons (Fsp3) is 0.348. The zero-order valence-corrected chi connectivity index (χ0v) is 17.6. The van der Waals surface area contributed by atoms with Crippen LogP contribution in [0.25, 0.3) is 10.9 Å². The van der Waals surface area contributed by atoms with E-state index in [1.165, 1.54) is 0 Å². The van der Waals surface area contributed by atoms with E-state index in [1.54, 1.807) is 0 Å². The second-order valence-electron chi connectivity index (χ2n) is 8.72. The Kier molecular flexibility index (Phi) is 4.43.